The number of carbonyl (C=O) groups excluding carboxylic acids is 1. The summed E-state index contributed by atoms with van der Waals surface area (Å²) in [7, 11) is -2.00. The topological polar surface area (TPSA) is 57.7 Å². The van der Waals surface area contributed by atoms with Crippen molar-refractivity contribution < 1.29 is 17.6 Å². The lowest BCUT2D eigenvalue weighted by Gasteiger charge is -2.33. The first-order valence-corrected chi connectivity index (χ1v) is 11.8. The molecule has 3 aromatic carbocycles. The molecule has 0 radical (unpaired) electrons. The molecule has 1 heterocycles. The fourth-order valence-corrected chi connectivity index (χ4v) is 5.64. The van der Waals surface area contributed by atoms with Gasteiger partial charge in [0.2, 0.25) is 15.9 Å². The van der Waals surface area contributed by atoms with Crippen LogP contribution in [0.15, 0.2) is 71.6 Å². The first-order chi connectivity index (χ1) is 14.8. The van der Waals surface area contributed by atoms with Crippen molar-refractivity contribution >= 4 is 26.7 Å². The fraction of sp³-hybridized carbons (Fsp3) is 0.292. The number of rotatable bonds is 5. The third-order valence-corrected chi connectivity index (χ3v) is 7.67. The first-order valence-electron chi connectivity index (χ1n) is 10.3. The highest BCUT2D eigenvalue weighted by Crippen LogP contribution is 2.26. The number of amides is 1. The Morgan fingerprint density at radius 2 is 1.77 bits per heavy atom. The molecule has 0 unspecified atom stereocenters. The van der Waals surface area contributed by atoms with Crippen LogP contribution >= 0.6 is 0 Å². The molecule has 1 aliphatic heterocycles. The molecule has 0 saturated carbocycles. The maximum Gasteiger partial charge on any atom is 0.243 e. The molecule has 31 heavy (non-hydrogen) atoms. The normalized spacial score (nSPS) is 17.5. The summed E-state index contributed by atoms with van der Waals surface area (Å²) in [5, 5.41) is 2.27. The van der Waals surface area contributed by atoms with E-state index in [1.165, 1.54) is 16.4 Å². The average Bonchev–Trinajstić information content (AvgIpc) is 2.79. The largest absolute Gasteiger partial charge is 0.341 e. The number of hydrogen-bond acceptors (Lipinski definition) is 3. The lowest BCUT2D eigenvalue weighted by atomic mass is 9.98. The third kappa shape index (κ3) is 4.62. The Morgan fingerprint density at radius 1 is 1.06 bits per heavy atom. The summed E-state index contributed by atoms with van der Waals surface area (Å²) in [6.45, 7) is 0.962. The average molecular weight is 441 g/mol. The Bertz CT molecular complexity index is 1190. The second-order valence-corrected chi connectivity index (χ2v) is 9.97. The molecular weight excluding hydrogens is 415 g/mol. The van der Waals surface area contributed by atoms with Crippen LogP contribution in [0.25, 0.3) is 10.8 Å². The Labute approximate surface area is 182 Å². The second-order valence-electron chi connectivity index (χ2n) is 8.03. The molecule has 1 fully saturated rings. The Morgan fingerprint density at radius 3 is 2.52 bits per heavy atom. The van der Waals surface area contributed by atoms with E-state index >= 15 is 0 Å². The zero-order valence-electron chi connectivity index (χ0n) is 17.4. The summed E-state index contributed by atoms with van der Waals surface area (Å²) in [6, 6.07) is 19.0. The number of halogens is 1. The maximum absolute atomic E-state index is 13.2. The predicted molar refractivity (Wildman–Crippen MR) is 118 cm³/mol. The zero-order valence-corrected chi connectivity index (χ0v) is 18.2. The maximum atomic E-state index is 13.2. The van der Waals surface area contributed by atoms with Crippen molar-refractivity contribution in [1.82, 2.24) is 9.21 Å². The fourth-order valence-electron chi connectivity index (χ4n) is 4.12. The minimum Gasteiger partial charge on any atom is -0.341 e. The van der Waals surface area contributed by atoms with Gasteiger partial charge in [-0.15, -0.1) is 0 Å². The monoisotopic (exact) mass is 440 g/mol. The number of hydrogen-bond donors (Lipinski definition) is 0. The van der Waals surface area contributed by atoms with Crippen molar-refractivity contribution in [2.45, 2.75) is 24.3 Å². The highest BCUT2D eigenvalue weighted by molar-refractivity contribution is 7.89. The van der Waals surface area contributed by atoms with E-state index in [0.717, 1.165) is 28.5 Å². The van der Waals surface area contributed by atoms with E-state index < -0.39 is 21.8 Å². The van der Waals surface area contributed by atoms with Gasteiger partial charge in [0, 0.05) is 26.7 Å². The second kappa shape index (κ2) is 8.77. The molecule has 1 amide bonds. The van der Waals surface area contributed by atoms with Crippen molar-refractivity contribution in [2.24, 2.45) is 5.92 Å². The van der Waals surface area contributed by atoms with Gasteiger partial charge in [-0.3, -0.25) is 4.79 Å². The van der Waals surface area contributed by atoms with Gasteiger partial charge in [-0.1, -0.05) is 36.4 Å². The number of nitrogens with zero attached hydrogens (tertiary/aromatic N) is 2. The molecule has 0 aromatic heterocycles. The Balaban J connectivity index is 1.45. The van der Waals surface area contributed by atoms with Crippen molar-refractivity contribution in [3.05, 3.63) is 78.1 Å². The van der Waals surface area contributed by atoms with E-state index in [4.69, 9.17) is 0 Å². The summed E-state index contributed by atoms with van der Waals surface area (Å²) in [4.78, 5) is 14.8. The highest BCUT2D eigenvalue weighted by atomic mass is 32.2. The first kappa shape index (κ1) is 21.5. The molecule has 4 rings (SSSR count). The highest BCUT2D eigenvalue weighted by Gasteiger charge is 2.34. The van der Waals surface area contributed by atoms with Crippen molar-refractivity contribution in [3.8, 4) is 0 Å². The van der Waals surface area contributed by atoms with Crippen LogP contribution in [-0.2, 0) is 21.4 Å². The van der Waals surface area contributed by atoms with Crippen LogP contribution in [-0.4, -0.2) is 43.7 Å². The molecule has 5 nitrogen and oxygen atoms in total. The predicted octanol–water partition coefficient (Wildman–Crippen LogP) is 4.04. The minimum absolute atomic E-state index is 0.0477. The standard InChI is InChI=1S/C24H25FN2O3S/c1-26(16-18-8-9-19-5-2-3-6-20(19)15-18)24(28)21-7-4-14-27(17-21)31(29,30)23-12-10-22(25)11-13-23/h2-3,5-6,8-13,15,21H,4,7,14,16-17H2,1H3/t21-/m1/s1. The van der Waals surface area contributed by atoms with Gasteiger partial charge in [0.15, 0.2) is 0 Å². The zero-order chi connectivity index (χ0) is 22.0. The molecule has 1 saturated heterocycles. The van der Waals surface area contributed by atoms with Crippen LogP contribution < -0.4 is 0 Å². The molecule has 0 spiro atoms. The van der Waals surface area contributed by atoms with Crippen LogP contribution in [0.3, 0.4) is 0 Å². The van der Waals surface area contributed by atoms with E-state index in [0.29, 0.717) is 25.9 Å². The molecule has 7 heteroatoms. The van der Waals surface area contributed by atoms with Gasteiger partial charge in [-0.2, -0.15) is 4.31 Å². The number of benzene rings is 3. The van der Waals surface area contributed by atoms with E-state index in [1.54, 1.807) is 11.9 Å². The van der Waals surface area contributed by atoms with E-state index in [2.05, 4.69) is 6.07 Å². The molecule has 3 aromatic rings. The van der Waals surface area contributed by atoms with Crippen molar-refractivity contribution in [3.63, 3.8) is 0 Å². The third-order valence-electron chi connectivity index (χ3n) is 5.79. The summed E-state index contributed by atoms with van der Waals surface area (Å²) in [5.74, 6) is -0.942. The van der Waals surface area contributed by atoms with Crippen molar-refractivity contribution in [1.29, 1.82) is 0 Å². The smallest absolute Gasteiger partial charge is 0.243 e. The van der Waals surface area contributed by atoms with Crippen LogP contribution in [0, 0.1) is 11.7 Å². The van der Waals surface area contributed by atoms with E-state index in [1.807, 2.05) is 36.4 Å². The summed E-state index contributed by atoms with van der Waals surface area (Å²) < 4.78 is 40.4. The molecule has 162 valence electrons. The van der Waals surface area contributed by atoms with E-state index in [9.17, 15) is 17.6 Å². The summed E-state index contributed by atoms with van der Waals surface area (Å²) in [6.07, 6.45) is 1.26. The van der Waals surface area contributed by atoms with Gasteiger partial charge < -0.3 is 4.90 Å². The molecular formula is C24H25FN2O3S. The number of carbonyl (C=O) groups is 1. The van der Waals surface area contributed by atoms with Crippen molar-refractivity contribution in [2.75, 3.05) is 20.1 Å². The Hall–Kier alpha value is -2.77. The summed E-state index contributed by atoms with van der Waals surface area (Å²) >= 11 is 0. The quantitative estimate of drug-likeness (QED) is 0.602. The number of piperidine rings is 1. The van der Waals surface area contributed by atoms with Crippen LogP contribution in [0.4, 0.5) is 4.39 Å². The molecule has 1 atom stereocenters. The summed E-state index contributed by atoms with van der Waals surface area (Å²) in [5.41, 5.74) is 1.03. The SMILES string of the molecule is CN(Cc1ccc2ccccc2c1)C(=O)[C@@H]1CCCN(S(=O)(=O)c2ccc(F)cc2)C1. The van der Waals surface area contributed by atoms with Gasteiger partial charge in [-0.25, -0.2) is 12.8 Å². The van der Waals surface area contributed by atoms with Gasteiger partial charge >= 0.3 is 0 Å². The lowest BCUT2D eigenvalue weighted by molar-refractivity contribution is -0.135. The van der Waals surface area contributed by atoms with Gasteiger partial charge in [0.25, 0.3) is 0 Å². The lowest BCUT2D eigenvalue weighted by Crippen LogP contribution is -2.45. The molecule has 0 N–H and O–H groups in total. The van der Waals surface area contributed by atoms with Gasteiger partial charge in [0.1, 0.15) is 5.82 Å². The molecule has 0 bridgehead atoms. The Kier molecular flexibility index (Phi) is 6.07. The van der Waals surface area contributed by atoms with Gasteiger partial charge in [-0.05, 0) is 59.5 Å². The van der Waals surface area contributed by atoms with E-state index in [-0.39, 0.29) is 17.3 Å². The molecule has 1 aliphatic rings. The van der Waals surface area contributed by atoms with Crippen LogP contribution in [0.5, 0.6) is 0 Å². The number of sulfonamides is 1. The molecule has 0 aliphatic carbocycles. The minimum atomic E-state index is -3.76. The van der Waals surface area contributed by atoms with Crippen LogP contribution in [0.1, 0.15) is 18.4 Å². The van der Waals surface area contributed by atoms with Crippen LogP contribution in [0.2, 0.25) is 0 Å². The van der Waals surface area contributed by atoms with Gasteiger partial charge in [0.05, 0.1) is 10.8 Å². The number of fused-ring (bicyclic) bond motifs is 1.